The summed E-state index contributed by atoms with van der Waals surface area (Å²) in [5.41, 5.74) is 2.56. The van der Waals surface area contributed by atoms with Gasteiger partial charge in [0.1, 0.15) is 0 Å². The normalized spacial score (nSPS) is 14.7. The summed E-state index contributed by atoms with van der Waals surface area (Å²) in [6.45, 7) is 9.57. The number of hydrogen-bond acceptors (Lipinski definition) is 5. The maximum absolute atomic E-state index is 13.2. The van der Waals surface area contributed by atoms with Crippen molar-refractivity contribution in [1.29, 1.82) is 0 Å². The Bertz CT molecular complexity index is 1130. The molecular formula is C24H31N5O3. The lowest BCUT2D eigenvalue weighted by Crippen LogP contribution is -2.41. The molecular weight excluding hydrogens is 406 g/mol. The molecule has 1 aliphatic rings. The van der Waals surface area contributed by atoms with E-state index in [4.69, 9.17) is 4.74 Å². The van der Waals surface area contributed by atoms with E-state index < -0.39 is 0 Å². The summed E-state index contributed by atoms with van der Waals surface area (Å²) in [7, 11) is 0. The molecule has 32 heavy (non-hydrogen) atoms. The topological polar surface area (TPSA) is 81.4 Å². The van der Waals surface area contributed by atoms with Crippen molar-refractivity contribution in [2.75, 3.05) is 39.4 Å². The van der Waals surface area contributed by atoms with Crippen molar-refractivity contribution in [2.24, 2.45) is 0 Å². The number of aryl methyl sites for hydroxylation is 2. The quantitative estimate of drug-likeness (QED) is 0.583. The highest BCUT2D eigenvalue weighted by molar-refractivity contribution is 5.87. The standard InChI is InChI=1S/C24H31N5O3/c1-18-21-17-26-29(20-7-4-3-5-8-20)24(31)23(21)19(2)28(18)11-6-9-22(30)25-10-12-27-13-15-32-16-14-27/h3-5,7-8,17H,6,9-16H2,1-2H3,(H,25,30). The number of carbonyl (C=O) groups is 1. The summed E-state index contributed by atoms with van der Waals surface area (Å²) >= 11 is 0. The van der Waals surface area contributed by atoms with E-state index in [0.717, 1.165) is 55.3 Å². The van der Waals surface area contributed by atoms with Gasteiger partial charge in [-0.3, -0.25) is 14.5 Å². The van der Waals surface area contributed by atoms with Crippen LogP contribution >= 0.6 is 0 Å². The number of fused-ring (bicyclic) bond motifs is 1. The lowest BCUT2D eigenvalue weighted by Gasteiger charge is -2.26. The summed E-state index contributed by atoms with van der Waals surface area (Å²) in [6.07, 6.45) is 2.94. The average Bonchev–Trinajstić information content (AvgIpc) is 3.06. The first-order valence-electron chi connectivity index (χ1n) is 11.3. The molecule has 3 heterocycles. The Labute approximate surface area is 187 Å². The third kappa shape index (κ3) is 4.76. The van der Waals surface area contributed by atoms with Gasteiger partial charge in [0.25, 0.3) is 5.56 Å². The van der Waals surface area contributed by atoms with Gasteiger partial charge in [0.2, 0.25) is 5.91 Å². The van der Waals surface area contributed by atoms with E-state index in [2.05, 4.69) is 19.9 Å². The van der Waals surface area contributed by atoms with Crippen LogP contribution in [0.3, 0.4) is 0 Å². The van der Waals surface area contributed by atoms with Crippen molar-refractivity contribution in [1.82, 2.24) is 24.6 Å². The van der Waals surface area contributed by atoms with Gasteiger partial charge in [-0.05, 0) is 32.4 Å². The summed E-state index contributed by atoms with van der Waals surface area (Å²) in [5, 5.41) is 8.96. The number of carbonyl (C=O) groups excluding carboxylic acids is 1. The second-order valence-corrected chi connectivity index (χ2v) is 8.22. The molecule has 3 aromatic rings. The number of ether oxygens (including phenoxy) is 1. The molecule has 1 aliphatic heterocycles. The highest BCUT2D eigenvalue weighted by Crippen LogP contribution is 2.23. The van der Waals surface area contributed by atoms with Crippen molar-refractivity contribution in [3.63, 3.8) is 0 Å². The number of rotatable bonds is 8. The fourth-order valence-corrected chi connectivity index (χ4v) is 4.36. The third-order valence-electron chi connectivity index (χ3n) is 6.18. The Morgan fingerprint density at radius 1 is 1.09 bits per heavy atom. The number of benzene rings is 1. The maximum atomic E-state index is 13.2. The van der Waals surface area contributed by atoms with Crippen LogP contribution in [0.1, 0.15) is 24.2 Å². The third-order valence-corrected chi connectivity index (χ3v) is 6.18. The van der Waals surface area contributed by atoms with Crippen LogP contribution in [0.5, 0.6) is 0 Å². The lowest BCUT2D eigenvalue weighted by atomic mass is 10.2. The van der Waals surface area contributed by atoms with E-state index >= 15 is 0 Å². The van der Waals surface area contributed by atoms with Gasteiger partial charge in [-0.1, -0.05) is 18.2 Å². The number of nitrogens with zero attached hydrogens (tertiary/aromatic N) is 4. The summed E-state index contributed by atoms with van der Waals surface area (Å²) in [6, 6.07) is 9.44. The summed E-state index contributed by atoms with van der Waals surface area (Å²) in [4.78, 5) is 27.7. The number of para-hydroxylation sites is 1. The number of morpholine rings is 1. The minimum absolute atomic E-state index is 0.0679. The molecule has 8 nitrogen and oxygen atoms in total. The fraction of sp³-hybridized carbons (Fsp3) is 0.458. The Morgan fingerprint density at radius 2 is 1.84 bits per heavy atom. The molecule has 0 aliphatic carbocycles. The molecule has 0 unspecified atom stereocenters. The van der Waals surface area contributed by atoms with E-state index in [1.807, 2.05) is 44.2 Å². The van der Waals surface area contributed by atoms with Gasteiger partial charge in [-0.2, -0.15) is 9.78 Å². The Hall–Kier alpha value is -2.97. The van der Waals surface area contributed by atoms with E-state index in [1.165, 1.54) is 4.68 Å². The minimum Gasteiger partial charge on any atom is -0.379 e. The van der Waals surface area contributed by atoms with Crippen molar-refractivity contribution in [3.05, 3.63) is 58.3 Å². The van der Waals surface area contributed by atoms with Gasteiger partial charge >= 0.3 is 0 Å². The first kappa shape index (κ1) is 22.2. The molecule has 2 aromatic heterocycles. The first-order chi connectivity index (χ1) is 15.6. The van der Waals surface area contributed by atoms with Crippen molar-refractivity contribution in [3.8, 4) is 5.69 Å². The van der Waals surface area contributed by atoms with Gasteiger partial charge < -0.3 is 14.6 Å². The van der Waals surface area contributed by atoms with Crippen LogP contribution in [-0.2, 0) is 16.1 Å². The SMILES string of the molecule is Cc1c2cnn(-c3ccccc3)c(=O)c2c(C)n1CCCC(=O)NCCN1CCOCC1. The number of aromatic nitrogens is 3. The van der Waals surface area contributed by atoms with Gasteiger partial charge in [0.15, 0.2) is 0 Å². The van der Waals surface area contributed by atoms with Crippen LogP contribution in [0.15, 0.2) is 41.3 Å². The molecule has 0 spiro atoms. The number of hydrogen-bond donors (Lipinski definition) is 1. The molecule has 170 valence electrons. The van der Waals surface area contributed by atoms with Gasteiger partial charge in [-0.25, -0.2) is 0 Å². The molecule has 1 amide bonds. The van der Waals surface area contributed by atoms with Crippen LogP contribution in [0, 0.1) is 13.8 Å². The molecule has 4 rings (SSSR count). The molecule has 8 heteroatoms. The maximum Gasteiger partial charge on any atom is 0.281 e. The molecule has 0 radical (unpaired) electrons. The molecule has 0 bridgehead atoms. The van der Waals surface area contributed by atoms with Gasteiger partial charge in [-0.15, -0.1) is 0 Å². The van der Waals surface area contributed by atoms with Crippen LogP contribution in [0.2, 0.25) is 0 Å². The Morgan fingerprint density at radius 3 is 2.59 bits per heavy atom. The van der Waals surface area contributed by atoms with E-state index in [9.17, 15) is 9.59 Å². The largest absolute Gasteiger partial charge is 0.379 e. The average molecular weight is 438 g/mol. The highest BCUT2D eigenvalue weighted by atomic mass is 16.5. The minimum atomic E-state index is -0.117. The van der Waals surface area contributed by atoms with Gasteiger partial charge in [0, 0.05) is 55.9 Å². The van der Waals surface area contributed by atoms with Crippen LogP contribution in [0.25, 0.3) is 16.5 Å². The Kier molecular flexibility index (Phi) is 7.02. The van der Waals surface area contributed by atoms with Crippen molar-refractivity contribution < 1.29 is 9.53 Å². The molecule has 1 saturated heterocycles. The zero-order valence-electron chi connectivity index (χ0n) is 18.8. The van der Waals surface area contributed by atoms with Gasteiger partial charge in [0.05, 0.1) is 30.5 Å². The van der Waals surface area contributed by atoms with Crippen LogP contribution in [0.4, 0.5) is 0 Å². The zero-order chi connectivity index (χ0) is 22.5. The second kappa shape index (κ2) is 10.1. The van der Waals surface area contributed by atoms with Crippen molar-refractivity contribution >= 4 is 16.7 Å². The smallest absolute Gasteiger partial charge is 0.281 e. The molecule has 0 saturated carbocycles. The number of nitrogens with one attached hydrogen (secondary N) is 1. The second-order valence-electron chi connectivity index (χ2n) is 8.22. The lowest BCUT2D eigenvalue weighted by molar-refractivity contribution is -0.121. The van der Waals surface area contributed by atoms with E-state index in [1.54, 1.807) is 6.20 Å². The first-order valence-corrected chi connectivity index (χ1v) is 11.3. The monoisotopic (exact) mass is 437 g/mol. The predicted molar refractivity (Wildman–Crippen MR) is 124 cm³/mol. The van der Waals surface area contributed by atoms with Crippen LogP contribution in [-0.4, -0.2) is 64.5 Å². The zero-order valence-corrected chi connectivity index (χ0v) is 18.8. The molecule has 1 N–H and O–H groups in total. The molecule has 1 aromatic carbocycles. The fourth-order valence-electron chi connectivity index (χ4n) is 4.36. The molecule has 0 atom stereocenters. The number of amides is 1. The van der Waals surface area contributed by atoms with Crippen molar-refractivity contribution in [2.45, 2.75) is 33.2 Å². The predicted octanol–water partition coefficient (Wildman–Crippen LogP) is 2.03. The van der Waals surface area contributed by atoms with Crippen LogP contribution < -0.4 is 10.9 Å². The summed E-state index contributed by atoms with van der Waals surface area (Å²) in [5.74, 6) is 0.0679. The summed E-state index contributed by atoms with van der Waals surface area (Å²) < 4.78 is 8.92. The highest BCUT2D eigenvalue weighted by Gasteiger charge is 2.17. The van der Waals surface area contributed by atoms with E-state index in [-0.39, 0.29) is 11.5 Å². The Balaban J connectivity index is 1.38. The van der Waals surface area contributed by atoms with E-state index in [0.29, 0.717) is 31.3 Å². The molecule has 1 fully saturated rings.